The summed E-state index contributed by atoms with van der Waals surface area (Å²) in [6, 6.07) is 2.31. The van der Waals surface area contributed by atoms with E-state index in [1.165, 1.54) is 0 Å². The molecule has 2 aromatic heterocycles. The topological polar surface area (TPSA) is 59.8 Å². The van der Waals surface area contributed by atoms with E-state index in [0.29, 0.717) is 5.56 Å². The number of pyridine rings is 1. The molecule has 1 N–H and O–H groups in total. The average Bonchev–Trinajstić information content (AvgIpc) is 2.80. The summed E-state index contributed by atoms with van der Waals surface area (Å²) in [6.07, 6.45) is 3.80. The number of hydrogen-bond acceptors (Lipinski definition) is 3. The van der Waals surface area contributed by atoms with E-state index >= 15 is 0 Å². The number of fused-ring (bicyclic) bond motifs is 1. The molecule has 5 heteroatoms. The Morgan fingerprint density at radius 1 is 1.38 bits per heavy atom. The Morgan fingerprint density at radius 3 is 2.71 bits per heavy atom. The Balaban J connectivity index is 2.33. The average molecular weight is 288 g/mol. The highest BCUT2D eigenvalue weighted by atomic mass is 16.1. The Morgan fingerprint density at radius 2 is 2.10 bits per heavy atom. The SMILES string of the molecule is CCCC(C)NC(=O)c1cc2cnn(C(C)C)c2nc1C. The molecule has 0 radical (unpaired) electrons. The Labute approximate surface area is 125 Å². The van der Waals surface area contributed by atoms with E-state index in [1.807, 2.05) is 24.6 Å². The predicted molar refractivity (Wildman–Crippen MR) is 84.5 cm³/mol. The van der Waals surface area contributed by atoms with Gasteiger partial charge in [-0.05, 0) is 40.2 Å². The molecular weight excluding hydrogens is 264 g/mol. The number of rotatable bonds is 5. The molecule has 114 valence electrons. The van der Waals surface area contributed by atoms with Gasteiger partial charge in [-0.25, -0.2) is 9.67 Å². The molecule has 0 aromatic carbocycles. The van der Waals surface area contributed by atoms with Crippen molar-refractivity contribution >= 4 is 16.9 Å². The van der Waals surface area contributed by atoms with Crippen LogP contribution in [0.1, 0.15) is 62.6 Å². The highest BCUT2D eigenvalue weighted by Gasteiger charge is 2.16. The van der Waals surface area contributed by atoms with Crippen molar-refractivity contribution in [3.63, 3.8) is 0 Å². The van der Waals surface area contributed by atoms with Crippen molar-refractivity contribution < 1.29 is 4.79 Å². The molecule has 5 nitrogen and oxygen atoms in total. The van der Waals surface area contributed by atoms with Gasteiger partial charge in [0.15, 0.2) is 5.65 Å². The molecule has 1 atom stereocenters. The summed E-state index contributed by atoms with van der Waals surface area (Å²) < 4.78 is 1.88. The molecule has 21 heavy (non-hydrogen) atoms. The first-order valence-electron chi connectivity index (χ1n) is 7.59. The molecule has 1 amide bonds. The van der Waals surface area contributed by atoms with Gasteiger partial charge in [-0.2, -0.15) is 5.10 Å². The van der Waals surface area contributed by atoms with Gasteiger partial charge >= 0.3 is 0 Å². The third-order valence-electron chi connectivity index (χ3n) is 3.59. The molecule has 0 aliphatic carbocycles. The van der Waals surface area contributed by atoms with Crippen LogP contribution < -0.4 is 5.32 Å². The summed E-state index contributed by atoms with van der Waals surface area (Å²) in [6.45, 7) is 10.1. The summed E-state index contributed by atoms with van der Waals surface area (Å²) in [7, 11) is 0. The van der Waals surface area contributed by atoms with Gasteiger partial charge in [0.25, 0.3) is 5.91 Å². The first-order chi connectivity index (χ1) is 9.93. The van der Waals surface area contributed by atoms with Gasteiger partial charge in [0.2, 0.25) is 0 Å². The smallest absolute Gasteiger partial charge is 0.253 e. The van der Waals surface area contributed by atoms with Gasteiger partial charge in [-0.15, -0.1) is 0 Å². The molecule has 0 fully saturated rings. The van der Waals surface area contributed by atoms with Crippen molar-refractivity contribution in [2.45, 2.75) is 59.5 Å². The second-order valence-electron chi connectivity index (χ2n) is 5.88. The predicted octanol–water partition coefficient (Wildman–Crippen LogP) is 3.24. The first-order valence-corrected chi connectivity index (χ1v) is 7.59. The van der Waals surface area contributed by atoms with Crippen LogP contribution in [0.5, 0.6) is 0 Å². The van der Waals surface area contributed by atoms with Gasteiger partial charge < -0.3 is 5.32 Å². The van der Waals surface area contributed by atoms with Crippen LogP contribution in [-0.2, 0) is 0 Å². The lowest BCUT2D eigenvalue weighted by molar-refractivity contribution is 0.0937. The minimum Gasteiger partial charge on any atom is -0.350 e. The minimum absolute atomic E-state index is 0.0554. The van der Waals surface area contributed by atoms with E-state index in [2.05, 4.69) is 36.2 Å². The number of amides is 1. The zero-order valence-electron chi connectivity index (χ0n) is 13.5. The van der Waals surface area contributed by atoms with Crippen LogP contribution in [-0.4, -0.2) is 26.7 Å². The minimum atomic E-state index is -0.0554. The van der Waals surface area contributed by atoms with Gasteiger partial charge in [0, 0.05) is 17.5 Å². The normalized spacial score (nSPS) is 12.9. The zero-order chi connectivity index (χ0) is 15.6. The number of aromatic nitrogens is 3. The molecule has 2 rings (SSSR count). The molecule has 0 aliphatic heterocycles. The van der Waals surface area contributed by atoms with E-state index in [0.717, 1.165) is 29.6 Å². The van der Waals surface area contributed by atoms with Crippen molar-refractivity contribution in [2.75, 3.05) is 0 Å². The maximum absolute atomic E-state index is 12.4. The molecule has 0 spiro atoms. The Hall–Kier alpha value is -1.91. The fourth-order valence-electron chi connectivity index (χ4n) is 2.48. The van der Waals surface area contributed by atoms with Crippen LogP contribution in [0.25, 0.3) is 11.0 Å². The van der Waals surface area contributed by atoms with Crippen LogP contribution in [0.3, 0.4) is 0 Å². The molecular formula is C16H24N4O. The van der Waals surface area contributed by atoms with E-state index in [-0.39, 0.29) is 18.0 Å². The summed E-state index contributed by atoms with van der Waals surface area (Å²) in [4.78, 5) is 16.9. The maximum atomic E-state index is 12.4. The van der Waals surface area contributed by atoms with Gasteiger partial charge in [0.05, 0.1) is 17.5 Å². The van der Waals surface area contributed by atoms with E-state index in [9.17, 15) is 4.79 Å². The van der Waals surface area contributed by atoms with Crippen molar-refractivity contribution in [2.24, 2.45) is 0 Å². The summed E-state index contributed by atoms with van der Waals surface area (Å²) in [5, 5.41) is 8.28. The van der Waals surface area contributed by atoms with Crippen LogP contribution in [0.4, 0.5) is 0 Å². The quantitative estimate of drug-likeness (QED) is 0.918. The fraction of sp³-hybridized carbons (Fsp3) is 0.562. The van der Waals surface area contributed by atoms with Crippen molar-refractivity contribution in [3.05, 3.63) is 23.5 Å². The second kappa shape index (κ2) is 6.24. The van der Waals surface area contributed by atoms with Crippen LogP contribution in [0.2, 0.25) is 0 Å². The van der Waals surface area contributed by atoms with Crippen molar-refractivity contribution in [3.8, 4) is 0 Å². The monoisotopic (exact) mass is 288 g/mol. The zero-order valence-corrected chi connectivity index (χ0v) is 13.5. The Bertz CT molecular complexity index is 645. The molecule has 0 saturated heterocycles. The van der Waals surface area contributed by atoms with E-state index in [4.69, 9.17) is 0 Å². The van der Waals surface area contributed by atoms with Gasteiger partial charge in [-0.1, -0.05) is 13.3 Å². The number of aryl methyl sites for hydroxylation is 1. The van der Waals surface area contributed by atoms with E-state index < -0.39 is 0 Å². The number of carbonyl (C=O) groups excluding carboxylic acids is 1. The van der Waals surface area contributed by atoms with E-state index in [1.54, 1.807) is 6.20 Å². The number of carbonyl (C=O) groups is 1. The lowest BCUT2D eigenvalue weighted by Crippen LogP contribution is -2.33. The lowest BCUT2D eigenvalue weighted by atomic mass is 10.1. The Kier molecular flexibility index (Phi) is 4.60. The van der Waals surface area contributed by atoms with Crippen molar-refractivity contribution in [1.82, 2.24) is 20.1 Å². The first kappa shape index (κ1) is 15.5. The third-order valence-corrected chi connectivity index (χ3v) is 3.59. The summed E-state index contributed by atoms with van der Waals surface area (Å²) >= 11 is 0. The largest absolute Gasteiger partial charge is 0.350 e. The lowest BCUT2D eigenvalue weighted by Gasteiger charge is -2.14. The van der Waals surface area contributed by atoms with Gasteiger partial charge in [0.1, 0.15) is 0 Å². The fourth-order valence-corrected chi connectivity index (χ4v) is 2.48. The molecule has 0 aliphatic rings. The maximum Gasteiger partial charge on any atom is 0.253 e. The number of nitrogens with zero attached hydrogens (tertiary/aromatic N) is 3. The number of nitrogens with one attached hydrogen (secondary N) is 1. The van der Waals surface area contributed by atoms with Crippen LogP contribution in [0, 0.1) is 6.92 Å². The van der Waals surface area contributed by atoms with Crippen LogP contribution >= 0.6 is 0 Å². The number of hydrogen-bond donors (Lipinski definition) is 1. The highest BCUT2D eigenvalue weighted by Crippen LogP contribution is 2.19. The van der Waals surface area contributed by atoms with Gasteiger partial charge in [-0.3, -0.25) is 4.79 Å². The summed E-state index contributed by atoms with van der Waals surface area (Å²) in [5.41, 5.74) is 2.21. The second-order valence-corrected chi connectivity index (χ2v) is 5.88. The molecule has 2 aromatic rings. The molecule has 0 saturated carbocycles. The summed E-state index contributed by atoms with van der Waals surface area (Å²) in [5.74, 6) is -0.0554. The molecule has 2 heterocycles. The van der Waals surface area contributed by atoms with Crippen molar-refractivity contribution in [1.29, 1.82) is 0 Å². The third kappa shape index (κ3) is 3.23. The standard InChI is InChI=1S/C16H24N4O/c1-6-7-11(4)18-16(21)14-8-13-9-17-20(10(2)3)15(13)19-12(14)5/h8-11H,6-7H2,1-5H3,(H,18,21). The molecule has 0 bridgehead atoms. The molecule has 1 unspecified atom stereocenters. The highest BCUT2D eigenvalue weighted by molar-refractivity contribution is 5.98. The van der Waals surface area contributed by atoms with Crippen LogP contribution in [0.15, 0.2) is 12.3 Å².